The second-order valence-electron chi connectivity index (χ2n) is 5.49. The molecule has 1 aromatic heterocycles. The number of hydrogen-bond acceptors (Lipinski definition) is 4. The van der Waals surface area contributed by atoms with Gasteiger partial charge in [0.1, 0.15) is 10.7 Å². The van der Waals surface area contributed by atoms with E-state index >= 15 is 0 Å². The Morgan fingerprint density at radius 1 is 1.55 bits per heavy atom. The van der Waals surface area contributed by atoms with Crippen LogP contribution in [0.25, 0.3) is 0 Å². The third kappa shape index (κ3) is 3.27. The highest BCUT2D eigenvalue weighted by molar-refractivity contribution is 9.10. The molecule has 5 nitrogen and oxygen atoms in total. The predicted molar refractivity (Wildman–Crippen MR) is 81.0 cm³/mol. The largest absolute Gasteiger partial charge is 0.452 e. The van der Waals surface area contributed by atoms with Crippen molar-refractivity contribution in [3.05, 3.63) is 16.5 Å². The fourth-order valence-corrected chi connectivity index (χ4v) is 5.02. The third-order valence-corrected chi connectivity index (χ3v) is 6.34. The van der Waals surface area contributed by atoms with Gasteiger partial charge in [-0.1, -0.05) is 13.8 Å². The van der Waals surface area contributed by atoms with Crippen LogP contribution in [0.4, 0.5) is 0 Å². The van der Waals surface area contributed by atoms with Gasteiger partial charge in [0.15, 0.2) is 4.67 Å². The maximum absolute atomic E-state index is 12.6. The number of rotatable bonds is 5. The minimum Gasteiger partial charge on any atom is -0.452 e. The maximum Gasteiger partial charge on any atom is 0.247 e. The highest BCUT2D eigenvalue weighted by Crippen LogP contribution is 2.32. The molecule has 1 aliphatic rings. The molecule has 0 radical (unpaired) electrons. The smallest absolute Gasteiger partial charge is 0.247 e. The lowest BCUT2D eigenvalue weighted by atomic mass is 10.3. The van der Waals surface area contributed by atoms with Crippen LogP contribution in [0.5, 0.6) is 0 Å². The van der Waals surface area contributed by atoms with Gasteiger partial charge in [-0.2, -0.15) is 4.31 Å². The topological polar surface area (TPSA) is 62.6 Å². The molecule has 1 unspecified atom stereocenters. The first-order valence-electron chi connectivity index (χ1n) is 6.86. The van der Waals surface area contributed by atoms with Crippen LogP contribution in [0.15, 0.2) is 20.0 Å². The normalized spacial score (nSPS) is 20.9. The zero-order valence-electron chi connectivity index (χ0n) is 12.0. The van der Waals surface area contributed by atoms with Crippen molar-refractivity contribution in [1.82, 2.24) is 9.62 Å². The molecule has 0 amide bonds. The quantitative estimate of drug-likeness (QED) is 0.872. The van der Waals surface area contributed by atoms with Crippen molar-refractivity contribution in [3.8, 4) is 0 Å². The lowest BCUT2D eigenvalue weighted by Crippen LogP contribution is -2.33. The van der Waals surface area contributed by atoms with Crippen molar-refractivity contribution in [2.45, 2.75) is 57.1 Å². The Hall–Kier alpha value is -0.370. The molecule has 1 N–H and O–H groups in total. The first-order chi connectivity index (χ1) is 9.32. The average molecular weight is 365 g/mol. The van der Waals surface area contributed by atoms with Crippen molar-refractivity contribution in [1.29, 1.82) is 0 Å². The Bertz CT molecular complexity index is 568. The number of furan rings is 1. The van der Waals surface area contributed by atoms with E-state index < -0.39 is 10.0 Å². The number of nitrogens with zero attached hydrogens (tertiary/aromatic N) is 1. The highest BCUT2D eigenvalue weighted by Gasteiger charge is 2.35. The molecule has 1 aromatic rings. The van der Waals surface area contributed by atoms with Crippen LogP contribution in [0.2, 0.25) is 0 Å². The van der Waals surface area contributed by atoms with Crippen LogP contribution in [0.3, 0.4) is 0 Å². The van der Waals surface area contributed by atoms with Gasteiger partial charge < -0.3 is 9.73 Å². The molecule has 1 saturated heterocycles. The Morgan fingerprint density at radius 3 is 2.80 bits per heavy atom. The lowest BCUT2D eigenvalue weighted by molar-refractivity contribution is 0.405. The summed E-state index contributed by atoms with van der Waals surface area (Å²) in [5, 5.41) is 3.21. The minimum absolute atomic E-state index is 0.0547. The second kappa shape index (κ2) is 6.17. The summed E-state index contributed by atoms with van der Waals surface area (Å²) in [4.78, 5) is 0.229. The molecule has 1 atom stereocenters. The van der Waals surface area contributed by atoms with E-state index in [0.29, 0.717) is 24.9 Å². The molecule has 0 aliphatic carbocycles. The molecule has 1 aliphatic heterocycles. The van der Waals surface area contributed by atoms with Crippen LogP contribution in [-0.4, -0.2) is 31.4 Å². The number of nitrogens with one attached hydrogen (secondary N) is 1. The van der Waals surface area contributed by atoms with Crippen molar-refractivity contribution in [3.63, 3.8) is 0 Å². The summed E-state index contributed by atoms with van der Waals surface area (Å²) < 4.78 is 32.6. The number of hydrogen-bond donors (Lipinski definition) is 1. The van der Waals surface area contributed by atoms with E-state index in [4.69, 9.17) is 4.42 Å². The standard InChI is InChI=1S/C13H21BrN2O3S/c1-9(2)15-8-11-7-12(13(14)19-11)20(17,18)16-6-4-5-10(16)3/h7,9-10,15H,4-6,8H2,1-3H3. The Morgan fingerprint density at radius 2 is 2.25 bits per heavy atom. The molecule has 0 saturated carbocycles. The van der Waals surface area contributed by atoms with Crippen LogP contribution in [0.1, 0.15) is 39.4 Å². The minimum atomic E-state index is -3.47. The van der Waals surface area contributed by atoms with E-state index in [-0.39, 0.29) is 15.6 Å². The Balaban J connectivity index is 2.23. The summed E-state index contributed by atoms with van der Waals surface area (Å²) in [5.74, 6) is 0.621. The van der Waals surface area contributed by atoms with Crippen LogP contribution >= 0.6 is 15.9 Å². The summed E-state index contributed by atoms with van der Waals surface area (Å²) in [6, 6.07) is 1.98. The molecular weight excluding hydrogens is 344 g/mol. The van der Waals surface area contributed by atoms with E-state index in [2.05, 4.69) is 21.2 Å². The molecule has 2 rings (SSSR count). The van der Waals surface area contributed by atoms with Gasteiger partial charge in [0.25, 0.3) is 0 Å². The van der Waals surface area contributed by atoms with Gasteiger partial charge in [-0.25, -0.2) is 8.42 Å². The maximum atomic E-state index is 12.6. The summed E-state index contributed by atoms with van der Waals surface area (Å²) >= 11 is 3.23. The fourth-order valence-electron chi connectivity index (χ4n) is 2.36. The van der Waals surface area contributed by atoms with Gasteiger partial charge in [-0.15, -0.1) is 0 Å². The van der Waals surface area contributed by atoms with E-state index in [0.717, 1.165) is 12.8 Å². The molecular formula is C13H21BrN2O3S. The first-order valence-corrected chi connectivity index (χ1v) is 9.09. The fraction of sp³-hybridized carbons (Fsp3) is 0.692. The average Bonchev–Trinajstić information content (AvgIpc) is 2.93. The van der Waals surface area contributed by atoms with Crippen molar-refractivity contribution in [2.75, 3.05) is 6.54 Å². The molecule has 7 heteroatoms. The molecule has 0 bridgehead atoms. The summed E-state index contributed by atoms with van der Waals surface area (Å²) in [6.07, 6.45) is 1.83. The molecule has 0 aromatic carbocycles. The monoisotopic (exact) mass is 364 g/mol. The summed E-state index contributed by atoms with van der Waals surface area (Å²) in [6.45, 7) is 7.10. The highest BCUT2D eigenvalue weighted by atomic mass is 79.9. The Kier molecular flexibility index (Phi) is 4.94. The van der Waals surface area contributed by atoms with E-state index in [1.54, 1.807) is 10.4 Å². The van der Waals surface area contributed by atoms with Crippen LogP contribution < -0.4 is 5.32 Å². The van der Waals surface area contributed by atoms with E-state index in [1.165, 1.54) is 0 Å². The zero-order valence-corrected chi connectivity index (χ0v) is 14.4. The van der Waals surface area contributed by atoms with Gasteiger partial charge in [0.05, 0.1) is 6.54 Å². The van der Waals surface area contributed by atoms with Gasteiger partial charge >= 0.3 is 0 Å². The Labute approximate surface area is 128 Å². The van der Waals surface area contributed by atoms with Gasteiger partial charge in [0, 0.05) is 24.7 Å². The molecule has 1 fully saturated rings. The van der Waals surface area contributed by atoms with Gasteiger partial charge in [-0.05, 0) is 35.7 Å². The van der Waals surface area contributed by atoms with Crippen LogP contribution in [0, 0.1) is 0 Å². The molecule has 2 heterocycles. The molecule has 20 heavy (non-hydrogen) atoms. The zero-order chi connectivity index (χ0) is 14.9. The van der Waals surface area contributed by atoms with Gasteiger partial charge in [0.2, 0.25) is 10.0 Å². The number of sulfonamides is 1. The summed E-state index contributed by atoms with van der Waals surface area (Å²) in [7, 11) is -3.47. The van der Waals surface area contributed by atoms with Crippen molar-refractivity contribution < 1.29 is 12.8 Å². The second-order valence-corrected chi connectivity index (χ2v) is 8.07. The van der Waals surface area contributed by atoms with Crippen molar-refractivity contribution in [2.24, 2.45) is 0 Å². The van der Waals surface area contributed by atoms with E-state index in [1.807, 2.05) is 20.8 Å². The number of halogens is 1. The third-order valence-electron chi connectivity index (χ3n) is 3.47. The summed E-state index contributed by atoms with van der Waals surface area (Å²) in [5.41, 5.74) is 0. The van der Waals surface area contributed by atoms with Gasteiger partial charge in [-0.3, -0.25) is 0 Å². The van der Waals surface area contributed by atoms with Crippen molar-refractivity contribution >= 4 is 26.0 Å². The predicted octanol–water partition coefficient (Wildman–Crippen LogP) is 2.71. The SMILES string of the molecule is CC(C)NCc1cc(S(=O)(=O)N2CCCC2C)c(Br)o1. The lowest BCUT2D eigenvalue weighted by Gasteiger charge is -2.19. The first kappa shape index (κ1) is 16.0. The van der Waals surface area contributed by atoms with Crippen LogP contribution in [-0.2, 0) is 16.6 Å². The van der Waals surface area contributed by atoms with E-state index in [9.17, 15) is 8.42 Å². The molecule has 114 valence electrons. The molecule has 0 spiro atoms.